The molecule has 0 bridgehead atoms. The molecule has 4 heteroatoms. The van der Waals surface area contributed by atoms with Crippen molar-refractivity contribution in [3.05, 3.63) is 0 Å². The van der Waals surface area contributed by atoms with Gasteiger partial charge in [-0.2, -0.15) is 0 Å². The van der Waals surface area contributed by atoms with Crippen molar-refractivity contribution in [2.24, 2.45) is 17.1 Å². The smallest absolute Gasteiger partial charge is 0.405 e. The van der Waals surface area contributed by atoms with Crippen molar-refractivity contribution in [2.45, 2.75) is 53.1 Å². The third-order valence-electron chi connectivity index (χ3n) is 2.37. The second kappa shape index (κ2) is 5.32. The summed E-state index contributed by atoms with van der Waals surface area (Å²) in [6, 6.07) is 0. The number of hydrogen-bond acceptors (Lipinski definition) is 3. The molecule has 0 aliphatic rings. The van der Waals surface area contributed by atoms with Crippen LogP contribution in [0.1, 0.15) is 47.5 Å². The zero-order chi connectivity index (χ0) is 13.0. The van der Waals surface area contributed by atoms with E-state index in [0.29, 0.717) is 12.3 Å². The van der Waals surface area contributed by atoms with Crippen molar-refractivity contribution in [1.29, 1.82) is 0 Å². The highest BCUT2D eigenvalue weighted by Crippen LogP contribution is 2.34. The molecule has 0 aromatic heterocycles. The zero-order valence-corrected chi connectivity index (χ0v) is 10.9. The largest absolute Gasteiger partial charge is 0.444 e. The van der Waals surface area contributed by atoms with E-state index in [4.69, 9.17) is 10.5 Å². The van der Waals surface area contributed by atoms with Gasteiger partial charge in [0.15, 0.2) is 0 Å². The molecule has 94 valence electrons. The first-order valence-electron chi connectivity index (χ1n) is 5.55. The summed E-state index contributed by atoms with van der Waals surface area (Å²) in [4.78, 5) is 21.9. The minimum Gasteiger partial charge on any atom is -0.444 e. The van der Waals surface area contributed by atoms with Gasteiger partial charge in [-0.05, 0) is 32.6 Å². The van der Waals surface area contributed by atoms with Crippen molar-refractivity contribution in [2.75, 3.05) is 0 Å². The Morgan fingerprint density at radius 3 is 2.19 bits per heavy atom. The van der Waals surface area contributed by atoms with Crippen molar-refractivity contribution in [3.8, 4) is 0 Å². The average Bonchev–Trinajstić information content (AvgIpc) is 1.98. The molecule has 4 nitrogen and oxygen atoms in total. The standard InChI is InChI=1S/C12H23NO3/c1-9(2)6-12(5,8-14)7-11(3,4)16-10(13)15/h8-9H,6-7H2,1-5H3,(H2,13,15). The van der Waals surface area contributed by atoms with E-state index in [1.165, 1.54) is 0 Å². The van der Waals surface area contributed by atoms with E-state index in [1.807, 2.05) is 6.92 Å². The van der Waals surface area contributed by atoms with Gasteiger partial charge in [0.2, 0.25) is 0 Å². The van der Waals surface area contributed by atoms with E-state index >= 15 is 0 Å². The Morgan fingerprint density at radius 2 is 1.88 bits per heavy atom. The van der Waals surface area contributed by atoms with Gasteiger partial charge in [-0.1, -0.05) is 20.8 Å². The summed E-state index contributed by atoms with van der Waals surface area (Å²) >= 11 is 0. The fourth-order valence-corrected chi connectivity index (χ4v) is 2.38. The second-order valence-corrected chi connectivity index (χ2v) is 5.73. The number of amides is 1. The lowest BCUT2D eigenvalue weighted by molar-refractivity contribution is -0.119. The van der Waals surface area contributed by atoms with Crippen LogP contribution < -0.4 is 5.73 Å². The van der Waals surface area contributed by atoms with Crippen LogP contribution in [0.25, 0.3) is 0 Å². The predicted molar refractivity (Wildman–Crippen MR) is 63.0 cm³/mol. The molecule has 0 fully saturated rings. The highest BCUT2D eigenvalue weighted by Gasteiger charge is 2.35. The molecule has 0 saturated heterocycles. The van der Waals surface area contributed by atoms with Crippen LogP contribution in [-0.2, 0) is 9.53 Å². The molecule has 16 heavy (non-hydrogen) atoms. The summed E-state index contributed by atoms with van der Waals surface area (Å²) < 4.78 is 5.00. The van der Waals surface area contributed by atoms with E-state index in [9.17, 15) is 9.59 Å². The maximum atomic E-state index is 11.2. The normalized spacial score (nSPS) is 15.6. The van der Waals surface area contributed by atoms with E-state index in [-0.39, 0.29) is 0 Å². The lowest BCUT2D eigenvalue weighted by atomic mass is 9.75. The lowest BCUT2D eigenvalue weighted by Crippen LogP contribution is -2.38. The lowest BCUT2D eigenvalue weighted by Gasteiger charge is -2.34. The predicted octanol–water partition coefficient (Wildman–Crippen LogP) is 2.50. The molecule has 0 saturated carbocycles. The first kappa shape index (κ1) is 14.9. The number of carbonyl (C=O) groups excluding carboxylic acids is 2. The third kappa shape index (κ3) is 5.73. The number of primary amides is 1. The Hall–Kier alpha value is -1.06. The van der Waals surface area contributed by atoms with Gasteiger partial charge in [0.05, 0.1) is 0 Å². The fraction of sp³-hybridized carbons (Fsp3) is 0.833. The highest BCUT2D eigenvalue weighted by molar-refractivity contribution is 5.65. The number of rotatable bonds is 6. The van der Waals surface area contributed by atoms with Gasteiger partial charge in [0, 0.05) is 5.41 Å². The quantitative estimate of drug-likeness (QED) is 0.711. The van der Waals surface area contributed by atoms with Gasteiger partial charge in [-0.3, -0.25) is 0 Å². The topological polar surface area (TPSA) is 69.4 Å². The van der Waals surface area contributed by atoms with Crippen molar-refractivity contribution in [1.82, 2.24) is 0 Å². The number of ether oxygens (including phenoxy) is 1. The van der Waals surface area contributed by atoms with E-state index in [0.717, 1.165) is 12.7 Å². The van der Waals surface area contributed by atoms with Crippen molar-refractivity contribution in [3.63, 3.8) is 0 Å². The van der Waals surface area contributed by atoms with E-state index in [1.54, 1.807) is 13.8 Å². The second-order valence-electron chi connectivity index (χ2n) is 5.73. The fourth-order valence-electron chi connectivity index (χ4n) is 2.38. The average molecular weight is 229 g/mol. The summed E-state index contributed by atoms with van der Waals surface area (Å²) in [6.45, 7) is 9.53. The Bertz CT molecular complexity index is 261. The highest BCUT2D eigenvalue weighted by atomic mass is 16.6. The molecular weight excluding hydrogens is 206 g/mol. The molecule has 0 heterocycles. The summed E-state index contributed by atoms with van der Waals surface area (Å²) in [5.74, 6) is 0.416. The Balaban J connectivity index is 4.62. The van der Waals surface area contributed by atoms with Crippen LogP contribution >= 0.6 is 0 Å². The van der Waals surface area contributed by atoms with Gasteiger partial charge in [-0.25, -0.2) is 4.79 Å². The van der Waals surface area contributed by atoms with Crippen LogP contribution in [0.2, 0.25) is 0 Å². The maximum Gasteiger partial charge on any atom is 0.405 e. The summed E-state index contributed by atoms with van der Waals surface area (Å²) in [6.07, 6.45) is 1.38. The van der Waals surface area contributed by atoms with Gasteiger partial charge in [0.25, 0.3) is 0 Å². The summed E-state index contributed by atoms with van der Waals surface area (Å²) in [5, 5.41) is 0. The third-order valence-corrected chi connectivity index (χ3v) is 2.37. The van der Waals surface area contributed by atoms with Crippen LogP contribution in [0.4, 0.5) is 4.79 Å². The van der Waals surface area contributed by atoms with Crippen LogP contribution in [0.5, 0.6) is 0 Å². The van der Waals surface area contributed by atoms with Crippen LogP contribution in [0.3, 0.4) is 0 Å². The van der Waals surface area contributed by atoms with E-state index < -0.39 is 17.1 Å². The SMILES string of the molecule is CC(C)CC(C)(C=O)CC(C)(C)OC(N)=O. The number of hydrogen-bond donors (Lipinski definition) is 1. The zero-order valence-electron chi connectivity index (χ0n) is 10.9. The molecule has 1 amide bonds. The minimum atomic E-state index is -0.803. The molecule has 1 unspecified atom stereocenters. The first-order valence-corrected chi connectivity index (χ1v) is 5.55. The monoisotopic (exact) mass is 229 g/mol. The van der Waals surface area contributed by atoms with E-state index in [2.05, 4.69) is 13.8 Å². The van der Waals surface area contributed by atoms with Crippen molar-refractivity contribution < 1.29 is 14.3 Å². The Labute approximate surface area is 97.5 Å². The number of nitrogens with two attached hydrogens (primary N) is 1. The molecule has 0 aliphatic carbocycles. The molecule has 0 radical (unpaired) electrons. The van der Waals surface area contributed by atoms with Gasteiger partial charge in [0.1, 0.15) is 11.9 Å². The maximum absolute atomic E-state index is 11.2. The van der Waals surface area contributed by atoms with Gasteiger partial charge < -0.3 is 15.3 Å². The Morgan fingerprint density at radius 1 is 1.38 bits per heavy atom. The first-order chi connectivity index (χ1) is 7.10. The molecule has 0 spiro atoms. The molecule has 2 N–H and O–H groups in total. The van der Waals surface area contributed by atoms with Crippen LogP contribution in [0.15, 0.2) is 0 Å². The van der Waals surface area contributed by atoms with Gasteiger partial charge in [-0.15, -0.1) is 0 Å². The van der Waals surface area contributed by atoms with Crippen molar-refractivity contribution >= 4 is 12.4 Å². The molecule has 0 rings (SSSR count). The van der Waals surface area contributed by atoms with Crippen LogP contribution in [0, 0.1) is 11.3 Å². The molecular formula is C12H23NO3. The number of carbonyl (C=O) groups is 2. The van der Waals surface area contributed by atoms with Crippen LogP contribution in [-0.4, -0.2) is 18.0 Å². The minimum absolute atomic E-state index is 0.416. The number of aldehydes is 1. The van der Waals surface area contributed by atoms with Gasteiger partial charge >= 0.3 is 6.09 Å². The molecule has 1 atom stereocenters. The summed E-state index contributed by atoms with van der Waals surface area (Å²) in [5.41, 5.74) is 3.80. The molecule has 0 aliphatic heterocycles. The molecule has 0 aromatic carbocycles. The molecule has 0 aromatic rings. The summed E-state index contributed by atoms with van der Waals surface area (Å²) in [7, 11) is 0. The Kier molecular flexibility index (Phi) is 4.97.